The topological polar surface area (TPSA) is 87.1 Å². The molecule has 36 heavy (non-hydrogen) atoms. The van der Waals surface area contributed by atoms with Crippen LogP contribution in [0, 0.1) is 5.92 Å². The average molecular weight is 486 g/mol. The van der Waals surface area contributed by atoms with E-state index in [-0.39, 0.29) is 17.7 Å². The first-order valence-electron chi connectivity index (χ1n) is 12.3. The number of methoxy groups -OCH3 is 1. The molecule has 2 aromatic carbocycles. The number of fused-ring (bicyclic) bond motifs is 1. The fourth-order valence-corrected chi connectivity index (χ4v) is 4.72. The quantitative estimate of drug-likeness (QED) is 0.598. The number of nitrogens with zero attached hydrogens (tertiary/aromatic N) is 4. The van der Waals surface area contributed by atoms with Gasteiger partial charge in [0.25, 0.3) is 11.8 Å². The molecule has 8 heteroatoms. The van der Waals surface area contributed by atoms with E-state index in [1.165, 1.54) is 0 Å². The number of carbonyl (C=O) groups is 2. The predicted molar refractivity (Wildman–Crippen MR) is 141 cm³/mol. The van der Waals surface area contributed by atoms with Crippen LogP contribution in [0.25, 0.3) is 10.9 Å². The lowest BCUT2D eigenvalue weighted by Gasteiger charge is -2.36. The third-order valence-electron chi connectivity index (χ3n) is 7.33. The van der Waals surface area contributed by atoms with Gasteiger partial charge in [0.05, 0.1) is 23.9 Å². The second kappa shape index (κ2) is 9.26. The van der Waals surface area contributed by atoms with Gasteiger partial charge < -0.3 is 19.9 Å². The first-order valence-corrected chi connectivity index (χ1v) is 12.3. The van der Waals surface area contributed by atoms with Crippen LogP contribution in [-0.4, -0.2) is 66.4 Å². The van der Waals surface area contributed by atoms with Gasteiger partial charge >= 0.3 is 0 Å². The summed E-state index contributed by atoms with van der Waals surface area (Å²) in [6.07, 6.45) is 0. The molecule has 0 bridgehead atoms. The summed E-state index contributed by atoms with van der Waals surface area (Å²) in [6.45, 7) is 8.24. The number of para-hydroxylation sites is 3. The van der Waals surface area contributed by atoms with E-state index in [1.807, 2.05) is 80.3 Å². The standard InChI is InChI=1S/C28H31N5O3/c1-18(2)28(3)27(35)30-25(31-28)24-20(17-19-9-5-6-10-21(19)29-24)26(34)33-15-13-32(14-16-33)22-11-7-8-12-23(22)36-4/h5-12,17-18H,13-16H2,1-4H3,(H,30,31,35)/t28-/m0/s1. The zero-order valence-corrected chi connectivity index (χ0v) is 21.1. The molecule has 2 amide bonds. The Bertz CT molecular complexity index is 1360. The maximum atomic E-state index is 13.8. The number of hydrogen-bond donors (Lipinski definition) is 1. The number of aromatic nitrogens is 1. The first-order chi connectivity index (χ1) is 17.3. The molecule has 1 atom stereocenters. The number of nitrogens with one attached hydrogen (secondary N) is 1. The zero-order valence-electron chi connectivity index (χ0n) is 21.1. The predicted octanol–water partition coefficient (Wildman–Crippen LogP) is 3.50. The van der Waals surface area contributed by atoms with E-state index >= 15 is 0 Å². The molecular weight excluding hydrogens is 454 g/mol. The summed E-state index contributed by atoms with van der Waals surface area (Å²) < 4.78 is 5.52. The summed E-state index contributed by atoms with van der Waals surface area (Å²) in [7, 11) is 1.67. The Labute approximate surface area is 211 Å². The Balaban J connectivity index is 1.47. The van der Waals surface area contributed by atoms with Gasteiger partial charge in [-0.3, -0.25) is 9.59 Å². The lowest BCUT2D eigenvalue weighted by molar-refractivity contribution is -0.124. The van der Waals surface area contributed by atoms with E-state index in [0.717, 1.165) is 22.3 Å². The second-order valence-corrected chi connectivity index (χ2v) is 9.75. The summed E-state index contributed by atoms with van der Waals surface area (Å²) in [6, 6.07) is 17.5. The third-order valence-corrected chi connectivity index (χ3v) is 7.33. The van der Waals surface area contributed by atoms with Crippen molar-refractivity contribution in [1.82, 2.24) is 15.2 Å². The van der Waals surface area contributed by atoms with E-state index < -0.39 is 5.54 Å². The zero-order chi connectivity index (χ0) is 25.4. The Morgan fingerprint density at radius 2 is 1.75 bits per heavy atom. The Hall–Kier alpha value is -3.94. The van der Waals surface area contributed by atoms with E-state index in [9.17, 15) is 9.59 Å². The van der Waals surface area contributed by atoms with Crippen LogP contribution in [-0.2, 0) is 4.79 Å². The highest BCUT2D eigenvalue weighted by Crippen LogP contribution is 2.30. The molecule has 3 heterocycles. The van der Waals surface area contributed by atoms with Crippen LogP contribution in [0.15, 0.2) is 59.6 Å². The molecule has 2 aliphatic rings. The molecule has 0 aliphatic carbocycles. The SMILES string of the molecule is COc1ccccc1N1CCN(C(=O)c2cc3ccccc3nc2C2=N[C@@](C)(C(C)C)C(=O)N2)CC1. The molecule has 0 unspecified atom stereocenters. The Morgan fingerprint density at radius 3 is 2.44 bits per heavy atom. The third kappa shape index (κ3) is 4.06. The minimum absolute atomic E-state index is 0.00216. The van der Waals surface area contributed by atoms with E-state index in [0.29, 0.717) is 43.3 Å². The maximum Gasteiger partial charge on any atom is 0.256 e. The molecule has 0 saturated carbocycles. The van der Waals surface area contributed by atoms with Crippen LogP contribution in [0.1, 0.15) is 36.8 Å². The number of pyridine rings is 1. The van der Waals surface area contributed by atoms with Gasteiger partial charge in [-0.15, -0.1) is 0 Å². The number of rotatable bonds is 5. The van der Waals surface area contributed by atoms with Gasteiger partial charge in [0.15, 0.2) is 5.84 Å². The molecule has 5 rings (SSSR count). The van der Waals surface area contributed by atoms with Crippen LogP contribution < -0.4 is 15.0 Å². The highest BCUT2D eigenvalue weighted by Gasteiger charge is 2.43. The molecule has 2 aliphatic heterocycles. The van der Waals surface area contributed by atoms with Gasteiger partial charge in [-0.05, 0) is 37.1 Å². The van der Waals surface area contributed by atoms with Crippen molar-refractivity contribution in [3.05, 3.63) is 65.9 Å². The molecule has 1 aromatic heterocycles. The highest BCUT2D eigenvalue weighted by molar-refractivity contribution is 6.19. The molecule has 1 fully saturated rings. The van der Waals surface area contributed by atoms with Crippen LogP contribution in [0.4, 0.5) is 5.69 Å². The summed E-state index contributed by atoms with van der Waals surface area (Å²) in [5.41, 5.74) is 1.75. The molecule has 3 aromatic rings. The van der Waals surface area contributed by atoms with Gasteiger partial charge in [0, 0.05) is 31.6 Å². The Kier molecular flexibility index (Phi) is 6.12. The Morgan fingerprint density at radius 1 is 1.06 bits per heavy atom. The van der Waals surface area contributed by atoms with Crippen LogP contribution >= 0.6 is 0 Å². The van der Waals surface area contributed by atoms with Gasteiger partial charge in [0.1, 0.15) is 17.0 Å². The van der Waals surface area contributed by atoms with Crippen LogP contribution in [0.2, 0.25) is 0 Å². The largest absolute Gasteiger partial charge is 0.495 e. The summed E-state index contributed by atoms with van der Waals surface area (Å²) >= 11 is 0. The van der Waals surface area contributed by atoms with E-state index in [2.05, 4.69) is 10.2 Å². The minimum Gasteiger partial charge on any atom is -0.495 e. The number of benzene rings is 2. The van der Waals surface area contributed by atoms with Gasteiger partial charge in [-0.2, -0.15) is 0 Å². The molecule has 1 N–H and O–H groups in total. The van der Waals surface area contributed by atoms with E-state index in [4.69, 9.17) is 14.7 Å². The molecule has 0 radical (unpaired) electrons. The van der Waals surface area contributed by atoms with E-state index in [1.54, 1.807) is 7.11 Å². The molecule has 186 valence electrons. The molecule has 1 saturated heterocycles. The van der Waals surface area contributed by atoms with Crippen molar-refractivity contribution in [2.75, 3.05) is 38.2 Å². The molecular formula is C28H31N5O3. The van der Waals surface area contributed by atoms with Crippen molar-refractivity contribution in [1.29, 1.82) is 0 Å². The van der Waals surface area contributed by atoms with Crippen molar-refractivity contribution in [2.24, 2.45) is 10.9 Å². The second-order valence-electron chi connectivity index (χ2n) is 9.75. The average Bonchev–Trinajstić information content (AvgIpc) is 3.22. The molecule has 0 spiro atoms. The number of ether oxygens (including phenoxy) is 1. The van der Waals surface area contributed by atoms with Gasteiger partial charge in [-0.25, -0.2) is 9.98 Å². The number of anilines is 1. The monoisotopic (exact) mass is 485 g/mol. The van der Waals surface area contributed by atoms with Crippen LogP contribution in [0.3, 0.4) is 0 Å². The fourth-order valence-electron chi connectivity index (χ4n) is 4.72. The highest BCUT2D eigenvalue weighted by atomic mass is 16.5. The number of piperazine rings is 1. The lowest BCUT2D eigenvalue weighted by Crippen LogP contribution is -2.49. The number of aliphatic imine (C=N–C) groups is 1. The fraction of sp³-hybridized carbons (Fsp3) is 0.357. The smallest absolute Gasteiger partial charge is 0.256 e. The number of carbonyl (C=O) groups excluding carboxylic acids is 2. The normalized spacial score (nSPS) is 20.0. The van der Waals surface area contributed by atoms with Crippen molar-refractivity contribution < 1.29 is 14.3 Å². The van der Waals surface area contributed by atoms with Gasteiger partial charge in [-0.1, -0.05) is 44.2 Å². The van der Waals surface area contributed by atoms with Gasteiger partial charge in [0.2, 0.25) is 0 Å². The number of amides is 2. The van der Waals surface area contributed by atoms with Crippen molar-refractivity contribution in [3.8, 4) is 5.75 Å². The first kappa shape index (κ1) is 23.8. The number of amidine groups is 1. The molecule has 8 nitrogen and oxygen atoms in total. The summed E-state index contributed by atoms with van der Waals surface area (Å²) in [4.78, 5) is 40.3. The van der Waals surface area contributed by atoms with Crippen molar-refractivity contribution >= 4 is 34.2 Å². The van der Waals surface area contributed by atoms with Crippen molar-refractivity contribution in [3.63, 3.8) is 0 Å². The lowest BCUT2D eigenvalue weighted by atomic mass is 9.89. The summed E-state index contributed by atoms with van der Waals surface area (Å²) in [5, 5.41) is 3.77. The minimum atomic E-state index is -0.899. The number of hydrogen-bond acceptors (Lipinski definition) is 6. The van der Waals surface area contributed by atoms with Crippen molar-refractivity contribution in [2.45, 2.75) is 26.3 Å². The van der Waals surface area contributed by atoms with Crippen LogP contribution in [0.5, 0.6) is 5.75 Å². The summed E-state index contributed by atoms with van der Waals surface area (Å²) in [5.74, 6) is 0.890. The maximum absolute atomic E-state index is 13.8.